The Balaban J connectivity index is 2.29. The van der Waals surface area contributed by atoms with Gasteiger partial charge in [0.15, 0.2) is 5.78 Å². The van der Waals surface area contributed by atoms with Gasteiger partial charge in [0.25, 0.3) is 0 Å². The van der Waals surface area contributed by atoms with Crippen molar-refractivity contribution in [1.82, 2.24) is 0 Å². The van der Waals surface area contributed by atoms with E-state index in [1.54, 1.807) is 6.92 Å². The van der Waals surface area contributed by atoms with Crippen molar-refractivity contribution in [3.05, 3.63) is 93.2 Å². The summed E-state index contributed by atoms with van der Waals surface area (Å²) >= 11 is 0. The number of aliphatic hydroxyl groups excluding tert-OH is 1. The van der Waals surface area contributed by atoms with E-state index in [2.05, 4.69) is 77.9 Å². The fraction of sp³-hybridized carbons (Fsp3) is 0.276. The van der Waals surface area contributed by atoms with Crippen molar-refractivity contribution in [2.75, 3.05) is 0 Å². The molecule has 164 valence electrons. The summed E-state index contributed by atoms with van der Waals surface area (Å²) in [5.41, 5.74) is 12.6. The van der Waals surface area contributed by atoms with Crippen molar-refractivity contribution in [2.45, 2.75) is 55.4 Å². The van der Waals surface area contributed by atoms with Crippen molar-refractivity contribution in [2.24, 2.45) is 0 Å². The number of ketones is 1. The van der Waals surface area contributed by atoms with E-state index in [9.17, 15) is 9.90 Å². The van der Waals surface area contributed by atoms with Crippen LogP contribution in [0.1, 0.15) is 52.8 Å². The van der Waals surface area contributed by atoms with Crippen LogP contribution < -0.4 is 16.4 Å². The summed E-state index contributed by atoms with van der Waals surface area (Å²) in [6.07, 6.45) is 0. The number of Topliss-reactive ketones (excluding diaryl/α,β-unsaturated/α-hetero) is 1. The normalized spacial score (nSPS) is 11.9. The first-order chi connectivity index (χ1) is 15.0. The van der Waals surface area contributed by atoms with Crippen LogP contribution in [0.3, 0.4) is 0 Å². The maximum atomic E-state index is 12.1. The summed E-state index contributed by atoms with van der Waals surface area (Å²) in [5, 5.41) is 10.0. The minimum atomic E-state index is -0.134. The molecule has 0 radical (unpaired) electrons. The van der Waals surface area contributed by atoms with Crippen LogP contribution >= 0.6 is 0 Å². The molecular formula is C29H33BO2. The Morgan fingerprint density at radius 3 is 1.38 bits per heavy atom. The lowest BCUT2D eigenvalue weighted by Crippen LogP contribution is -2.55. The molecule has 0 amide bonds. The number of hydrogen-bond donors (Lipinski definition) is 1. The van der Waals surface area contributed by atoms with Gasteiger partial charge in [-0.25, -0.2) is 0 Å². The SMILES string of the molecule is CC(=O)/C(=C(/C)O)c1ccc(B(c2c(C)cc(C)cc2C)c2c(C)cc(C)cc2C)cc1. The number of hydrogen-bond acceptors (Lipinski definition) is 2. The van der Waals surface area contributed by atoms with E-state index in [-0.39, 0.29) is 18.3 Å². The van der Waals surface area contributed by atoms with Gasteiger partial charge in [0.05, 0.1) is 5.57 Å². The fourth-order valence-electron chi connectivity index (χ4n) is 5.28. The van der Waals surface area contributed by atoms with Crippen LogP contribution in [0, 0.1) is 41.5 Å². The summed E-state index contributed by atoms with van der Waals surface area (Å²) in [6.45, 7) is 16.2. The molecule has 0 aliphatic rings. The second-order valence-corrected chi connectivity index (χ2v) is 9.20. The van der Waals surface area contributed by atoms with Gasteiger partial charge in [-0.1, -0.05) is 98.3 Å². The summed E-state index contributed by atoms with van der Waals surface area (Å²) in [5.74, 6) is -0.0815. The maximum Gasteiger partial charge on any atom is 0.242 e. The van der Waals surface area contributed by atoms with Gasteiger partial charge in [-0.2, -0.15) is 0 Å². The number of rotatable bonds is 5. The van der Waals surface area contributed by atoms with E-state index in [1.807, 2.05) is 12.1 Å². The van der Waals surface area contributed by atoms with Crippen molar-refractivity contribution in [1.29, 1.82) is 0 Å². The van der Waals surface area contributed by atoms with Gasteiger partial charge in [0.2, 0.25) is 6.71 Å². The zero-order chi connectivity index (χ0) is 23.7. The zero-order valence-electron chi connectivity index (χ0n) is 20.6. The van der Waals surface area contributed by atoms with Gasteiger partial charge < -0.3 is 5.11 Å². The number of benzene rings is 3. The highest BCUT2D eigenvalue weighted by Crippen LogP contribution is 2.19. The van der Waals surface area contributed by atoms with Gasteiger partial charge in [-0.05, 0) is 61.0 Å². The smallest absolute Gasteiger partial charge is 0.242 e. The molecule has 0 heterocycles. The number of aryl methyl sites for hydroxylation is 6. The largest absolute Gasteiger partial charge is 0.512 e. The first kappa shape index (κ1) is 23.6. The minimum Gasteiger partial charge on any atom is -0.512 e. The van der Waals surface area contributed by atoms with E-state index in [1.165, 1.54) is 56.7 Å². The first-order valence-corrected chi connectivity index (χ1v) is 11.2. The van der Waals surface area contributed by atoms with Gasteiger partial charge in [-0.3, -0.25) is 4.79 Å². The summed E-state index contributed by atoms with van der Waals surface area (Å²) in [6, 6.07) is 17.1. The van der Waals surface area contributed by atoms with Crippen LogP contribution in [0.2, 0.25) is 0 Å². The quantitative estimate of drug-likeness (QED) is 0.358. The third-order valence-corrected chi connectivity index (χ3v) is 6.30. The van der Waals surface area contributed by atoms with Gasteiger partial charge in [-0.15, -0.1) is 0 Å². The van der Waals surface area contributed by atoms with E-state index < -0.39 is 0 Å². The molecule has 0 bridgehead atoms. The van der Waals surface area contributed by atoms with Gasteiger partial charge in [0.1, 0.15) is 5.76 Å². The molecule has 3 aromatic carbocycles. The molecule has 0 aromatic heterocycles. The standard InChI is InChI=1S/C29H33BO2/c1-17-13-19(3)28(20(4)14-17)30(29-21(5)15-18(2)16-22(29)6)26-11-9-25(10-12-26)27(23(7)31)24(8)32/h9-16,31H,1-8H3/b27-23+. The van der Waals surface area contributed by atoms with Crippen LogP contribution in [0.15, 0.2) is 54.3 Å². The molecule has 2 nitrogen and oxygen atoms in total. The van der Waals surface area contributed by atoms with Crippen molar-refractivity contribution < 1.29 is 9.90 Å². The molecule has 0 spiro atoms. The molecule has 3 rings (SSSR count). The van der Waals surface area contributed by atoms with Crippen molar-refractivity contribution in [3.8, 4) is 0 Å². The molecule has 0 fully saturated rings. The predicted molar refractivity (Wildman–Crippen MR) is 138 cm³/mol. The van der Waals surface area contributed by atoms with Crippen molar-refractivity contribution in [3.63, 3.8) is 0 Å². The van der Waals surface area contributed by atoms with Crippen LogP contribution in [0.25, 0.3) is 5.57 Å². The monoisotopic (exact) mass is 424 g/mol. The second kappa shape index (κ2) is 9.20. The Labute approximate surface area is 193 Å². The number of carbonyl (C=O) groups excluding carboxylic acids is 1. The summed E-state index contributed by atoms with van der Waals surface area (Å²) < 4.78 is 0. The molecule has 1 N–H and O–H groups in total. The number of carbonyl (C=O) groups is 1. The lowest BCUT2D eigenvalue weighted by Gasteiger charge is -2.25. The molecule has 3 aromatic rings. The maximum absolute atomic E-state index is 12.1. The van der Waals surface area contributed by atoms with Crippen LogP contribution in [0.4, 0.5) is 0 Å². The molecule has 0 unspecified atom stereocenters. The highest BCUT2D eigenvalue weighted by molar-refractivity contribution is 6.96. The van der Waals surface area contributed by atoms with Crippen LogP contribution in [-0.4, -0.2) is 17.6 Å². The third kappa shape index (κ3) is 4.57. The Kier molecular flexibility index (Phi) is 6.78. The molecule has 0 saturated heterocycles. The van der Waals surface area contributed by atoms with E-state index >= 15 is 0 Å². The van der Waals surface area contributed by atoms with Gasteiger partial charge in [0, 0.05) is 0 Å². The minimum absolute atomic E-state index is 0.0530. The Morgan fingerprint density at radius 2 is 1.06 bits per heavy atom. The molecular weight excluding hydrogens is 391 g/mol. The summed E-state index contributed by atoms with van der Waals surface area (Å²) in [7, 11) is 0. The van der Waals surface area contributed by atoms with Gasteiger partial charge >= 0.3 is 0 Å². The molecule has 3 heteroatoms. The lowest BCUT2D eigenvalue weighted by molar-refractivity contribution is -0.111. The Morgan fingerprint density at radius 1 is 0.688 bits per heavy atom. The van der Waals surface area contributed by atoms with E-state index in [0.29, 0.717) is 5.57 Å². The topological polar surface area (TPSA) is 37.3 Å². The lowest BCUT2D eigenvalue weighted by atomic mass is 9.34. The van der Waals surface area contributed by atoms with Crippen molar-refractivity contribution >= 4 is 34.5 Å². The molecule has 0 aliphatic heterocycles. The zero-order valence-corrected chi connectivity index (χ0v) is 20.6. The van der Waals surface area contributed by atoms with Crippen LogP contribution in [0.5, 0.6) is 0 Å². The highest BCUT2D eigenvalue weighted by Gasteiger charge is 2.28. The average molecular weight is 424 g/mol. The first-order valence-electron chi connectivity index (χ1n) is 11.2. The number of aliphatic hydroxyl groups is 1. The predicted octanol–water partition coefficient (Wildman–Crippen LogP) is 4.93. The second-order valence-electron chi connectivity index (χ2n) is 9.20. The third-order valence-electron chi connectivity index (χ3n) is 6.30. The number of allylic oxidation sites excluding steroid dienone is 2. The van der Waals surface area contributed by atoms with Crippen LogP contribution in [-0.2, 0) is 4.79 Å². The molecule has 0 atom stereocenters. The molecule has 0 saturated carbocycles. The Bertz CT molecular complexity index is 1110. The average Bonchev–Trinajstić information content (AvgIpc) is 2.65. The van der Waals surface area contributed by atoms with E-state index in [4.69, 9.17) is 0 Å². The fourth-order valence-corrected chi connectivity index (χ4v) is 5.28. The van der Waals surface area contributed by atoms with E-state index in [0.717, 1.165) is 5.56 Å². The summed E-state index contributed by atoms with van der Waals surface area (Å²) in [4.78, 5) is 12.1. The molecule has 0 aliphatic carbocycles. The highest BCUT2D eigenvalue weighted by atomic mass is 16.3. The molecule has 32 heavy (non-hydrogen) atoms. The Hall–Kier alpha value is -3.07.